The molecule has 0 aromatic rings. The molecule has 0 heterocycles. The number of hydrogen-bond acceptors (Lipinski definition) is 2. The molecule has 0 bridgehead atoms. The highest BCUT2D eigenvalue weighted by Gasteiger charge is 2.30. The van der Waals surface area contributed by atoms with E-state index in [1.807, 2.05) is 0 Å². The van der Waals surface area contributed by atoms with Crippen LogP contribution >= 0.6 is 0 Å². The Morgan fingerprint density at radius 1 is 0.409 bits per heavy atom. The summed E-state index contributed by atoms with van der Waals surface area (Å²) < 4.78 is 0. The zero-order valence-corrected chi connectivity index (χ0v) is 14.8. The maximum atomic E-state index is 8.98. The predicted molar refractivity (Wildman–Crippen MR) is 95.1 cm³/mol. The Kier molecular flexibility index (Phi) is 12.1. The van der Waals surface area contributed by atoms with Crippen molar-refractivity contribution in [2.75, 3.05) is 13.2 Å². The van der Waals surface area contributed by atoms with Gasteiger partial charge in [-0.3, -0.25) is 0 Å². The summed E-state index contributed by atoms with van der Waals surface area (Å²) in [6.45, 7) is 0.312. The van der Waals surface area contributed by atoms with Gasteiger partial charge in [0.05, 0.1) is 13.2 Å². The lowest BCUT2D eigenvalue weighted by molar-refractivity contribution is 0.0234. The molecule has 22 heavy (non-hydrogen) atoms. The van der Waals surface area contributed by atoms with Gasteiger partial charge >= 0.3 is 0 Å². The summed E-state index contributed by atoms with van der Waals surface area (Å²) in [7, 11) is 0. The van der Waals surface area contributed by atoms with Crippen molar-refractivity contribution in [3.63, 3.8) is 0 Å². The Hall–Kier alpha value is -0.0800. The minimum Gasteiger partial charge on any atom is -0.396 e. The van der Waals surface area contributed by atoms with Crippen molar-refractivity contribution in [2.45, 2.75) is 109 Å². The van der Waals surface area contributed by atoms with Crippen LogP contribution in [-0.2, 0) is 0 Å². The number of hydrogen-bond donors (Lipinski definition) is 2. The van der Waals surface area contributed by atoms with Gasteiger partial charge < -0.3 is 10.2 Å². The molecule has 0 atom stereocenters. The highest BCUT2D eigenvalue weighted by atomic mass is 16.3. The van der Waals surface area contributed by atoms with E-state index in [1.54, 1.807) is 0 Å². The van der Waals surface area contributed by atoms with Gasteiger partial charge in [0.15, 0.2) is 0 Å². The summed E-state index contributed by atoms with van der Waals surface area (Å²) in [4.78, 5) is 0. The van der Waals surface area contributed by atoms with Crippen LogP contribution in [0.25, 0.3) is 0 Å². The van der Waals surface area contributed by atoms with E-state index in [4.69, 9.17) is 10.2 Å². The van der Waals surface area contributed by atoms with Gasteiger partial charge in [-0.15, -0.1) is 0 Å². The van der Waals surface area contributed by atoms with Gasteiger partial charge in [-0.2, -0.15) is 0 Å². The molecule has 0 aliphatic heterocycles. The molecule has 2 N–H and O–H groups in total. The van der Waals surface area contributed by atoms with Crippen LogP contribution in [0, 0.1) is 5.41 Å². The summed E-state index contributed by atoms with van der Waals surface area (Å²) in [6.07, 6.45) is 23.6. The van der Waals surface area contributed by atoms with Crippen LogP contribution in [0.4, 0.5) is 0 Å². The van der Waals surface area contributed by atoms with E-state index in [2.05, 4.69) is 0 Å². The van der Waals surface area contributed by atoms with Gasteiger partial charge in [-0.05, 0) is 12.8 Å². The molecule has 2 heteroatoms. The zero-order chi connectivity index (χ0) is 15.9. The molecule has 3 aliphatic carbocycles. The molecule has 2 nitrogen and oxygen atoms in total. The van der Waals surface area contributed by atoms with Crippen molar-refractivity contribution in [2.24, 2.45) is 5.41 Å². The Morgan fingerprint density at radius 3 is 0.818 bits per heavy atom. The lowest BCUT2D eigenvalue weighted by atomic mass is 9.75. The van der Waals surface area contributed by atoms with Crippen LogP contribution in [0.5, 0.6) is 0 Å². The van der Waals surface area contributed by atoms with E-state index in [1.165, 1.54) is 96.3 Å². The molecular weight excluding hydrogens is 272 g/mol. The molecule has 0 unspecified atom stereocenters. The van der Waals surface area contributed by atoms with E-state index in [0.717, 1.165) is 12.8 Å². The number of aliphatic hydroxyl groups excluding tert-OH is 2. The first-order valence-corrected chi connectivity index (χ1v) is 10.0. The maximum Gasteiger partial charge on any atom is 0.0509 e. The molecule has 0 aromatic heterocycles. The van der Waals surface area contributed by atoms with E-state index in [-0.39, 0.29) is 18.6 Å². The second-order valence-corrected chi connectivity index (χ2v) is 7.62. The van der Waals surface area contributed by atoms with E-state index < -0.39 is 0 Å². The van der Waals surface area contributed by atoms with Crippen molar-refractivity contribution in [3.05, 3.63) is 0 Å². The van der Waals surface area contributed by atoms with Crippen LogP contribution in [-0.4, -0.2) is 23.4 Å². The summed E-state index contributed by atoms with van der Waals surface area (Å²) in [5.74, 6) is 0. The minimum absolute atomic E-state index is 0.127. The van der Waals surface area contributed by atoms with Gasteiger partial charge in [0.1, 0.15) is 0 Å². The molecule has 3 aliphatic rings. The van der Waals surface area contributed by atoms with Crippen LogP contribution in [0.2, 0.25) is 0 Å². The SMILES string of the molecule is C1CCCCC1.C1CCCCC1.OCC1(CO)CCCCC1. The van der Waals surface area contributed by atoms with Crippen LogP contribution in [0.1, 0.15) is 109 Å². The van der Waals surface area contributed by atoms with Crippen LogP contribution in [0.15, 0.2) is 0 Å². The average Bonchev–Trinajstić information content (AvgIpc) is 2.66. The first kappa shape index (κ1) is 20.0. The predicted octanol–water partition coefficient (Wildman–Crippen LogP) is 5.60. The lowest BCUT2D eigenvalue weighted by Crippen LogP contribution is -2.31. The largest absolute Gasteiger partial charge is 0.396 e. The smallest absolute Gasteiger partial charge is 0.0509 e. The maximum absolute atomic E-state index is 8.98. The highest BCUT2D eigenvalue weighted by molar-refractivity contribution is 4.81. The van der Waals surface area contributed by atoms with Gasteiger partial charge in [0.25, 0.3) is 0 Å². The van der Waals surface area contributed by atoms with Gasteiger partial charge in [-0.1, -0.05) is 96.3 Å². The molecule has 0 aromatic carbocycles. The standard InChI is InChI=1S/C8H16O2.2C6H12/c9-6-8(7-10)4-2-1-3-5-8;2*1-2-4-6-5-3-1/h9-10H,1-7H2;2*1-6H2. The summed E-state index contributed by atoms with van der Waals surface area (Å²) in [6, 6.07) is 0. The Labute approximate surface area is 138 Å². The number of aliphatic hydroxyl groups is 2. The molecule has 0 spiro atoms. The molecular formula is C20H40O2. The number of rotatable bonds is 2. The molecule has 3 fully saturated rings. The van der Waals surface area contributed by atoms with Crippen molar-refractivity contribution in [3.8, 4) is 0 Å². The summed E-state index contributed by atoms with van der Waals surface area (Å²) in [5.41, 5.74) is -0.127. The molecule has 0 amide bonds. The lowest BCUT2D eigenvalue weighted by Gasteiger charge is -2.33. The van der Waals surface area contributed by atoms with E-state index in [9.17, 15) is 0 Å². The quantitative estimate of drug-likeness (QED) is 0.696. The molecule has 0 saturated heterocycles. The van der Waals surface area contributed by atoms with Crippen molar-refractivity contribution in [1.82, 2.24) is 0 Å². The molecule has 3 rings (SSSR count). The zero-order valence-electron chi connectivity index (χ0n) is 14.8. The first-order chi connectivity index (χ1) is 10.8. The monoisotopic (exact) mass is 312 g/mol. The van der Waals surface area contributed by atoms with Gasteiger partial charge in [0.2, 0.25) is 0 Å². The van der Waals surface area contributed by atoms with Crippen molar-refractivity contribution in [1.29, 1.82) is 0 Å². The fraction of sp³-hybridized carbons (Fsp3) is 1.00. The third-order valence-corrected chi connectivity index (χ3v) is 5.59. The van der Waals surface area contributed by atoms with Crippen molar-refractivity contribution >= 4 is 0 Å². The fourth-order valence-corrected chi connectivity index (χ4v) is 3.79. The molecule has 0 radical (unpaired) electrons. The van der Waals surface area contributed by atoms with E-state index >= 15 is 0 Å². The Balaban J connectivity index is 0.000000174. The summed E-state index contributed by atoms with van der Waals surface area (Å²) >= 11 is 0. The highest BCUT2D eigenvalue weighted by Crippen LogP contribution is 2.34. The van der Waals surface area contributed by atoms with Gasteiger partial charge in [-0.25, -0.2) is 0 Å². The third kappa shape index (κ3) is 9.15. The van der Waals surface area contributed by atoms with E-state index in [0.29, 0.717) is 0 Å². The van der Waals surface area contributed by atoms with Crippen LogP contribution < -0.4 is 0 Å². The minimum atomic E-state index is -0.127. The summed E-state index contributed by atoms with van der Waals surface area (Å²) in [5, 5.41) is 18.0. The molecule has 3 saturated carbocycles. The second kappa shape index (κ2) is 13.4. The first-order valence-electron chi connectivity index (χ1n) is 10.0. The third-order valence-electron chi connectivity index (χ3n) is 5.59. The molecule has 132 valence electrons. The van der Waals surface area contributed by atoms with Crippen molar-refractivity contribution < 1.29 is 10.2 Å². The average molecular weight is 313 g/mol. The normalized spacial score (nSPS) is 24.3. The second-order valence-electron chi connectivity index (χ2n) is 7.62. The van der Waals surface area contributed by atoms with Gasteiger partial charge in [0, 0.05) is 5.41 Å². The Morgan fingerprint density at radius 2 is 0.636 bits per heavy atom. The van der Waals surface area contributed by atoms with Crippen LogP contribution in [0.3, 0.4) is 0 Å². The topological polar surface area (TPSA) is 40.5 Å². The Bertz CT molecular complexity index is 185. The fourth-order valence-electron chi connectivity index (χ4n) is 3.79.